The Morgan fingerprint density at radius 3 is 1.56 bits per heavy atom. The standard InChI is InChI=1S/C62H37NO2S/c1-6-22-44-39(17-1)40-18-2-7-23-45(40)61(44)48-26-10-13-32-55(48)65-56-36-35-38(37-51(56)61)63(52-29-16-33-57-59(52)43-21-5-12-31-54(43)64-57)53-30-15-28-50-60(53)66-58-34-14-11-27-49(58)62(50)46-24-8-3-19-41(46)42-20-4-9-25-47(42)62/h1-37H. The molecule has 2 aliphatic heterocycles. The van der Waals surface area contributed by atoms with Crippen molar-refractivity contribution in [3.8, 4) is 33.8 Å². The molecule has 15 rings (SSSR count). The molecular weight excluding hydrogens is 823 g/mol. The zero-order valence-corrected chi connectivity index (χ0v) is 36.4. The Hall–Kier alpha value is -8.05. The summed E-state index contributed by atoms with van der Waals surface area (Å²) in [6.07, 6.45) is 0. The number of nitrogens with zero attached hydrogens (tertiary/aromatic N) is 1. The third kappa shape index (κ3) is 4.49. The van der Waals surface area contributed by atoms with Crippen LogP contribution in [-0.2, 0) is 10.8 Å². The molecule has 0 N–H and O–H groups in total. The molecule has 0 bridgehead atoms. The lowest BCUT2D eigenvalue weighted by atomic mass is 9.66. The molecule has 0 saturated heterocycles. The molecule has 0 saturated carbocycles. The Morgan fingerprint density at radius 2 is 0.864 bits per heavy atom. The fourth-order valence-corrected chi connectivity index (χ4v) is 13.7. The molecule has 3 heterocycles. The molecule has 1 aromatic heterocycles. The molecule has 2 spiro atoms. The van der Waals surface area contributed by atoms with Crippen LogP contribution in [-0.4, -0.2) is 0 Å². The zero-order chi connectivity index (χ0) is 43.1. The fraction of sp³-hybridized carbons (Fsp3) is 0.0323. The summed E-state index contributed by atoms with van der Waals surface area (Å²) in [4.78, 5) is 4.98. The zero-order valence-electron chi connectivity index (χ0n) is 35.5. The second kappa shape index (κ2) is 13.3. The third-order valence-corrected chi connectivity index (χ3v) is 16.0. The van der Waals surface area contributed by atoms with Gasteiger partial charge in [0.25, 0.3) is 0 Å². The minimum atomic E-state index is -0.626. The maximum atomic E-state index is 6.98. The monoisotopic (exact) mass is 859 g/mol. The summed E-state index contributed by atoms with van der Waals surface area (Å²) in [5, 5.41) is 2.15. The van der Waals surface area contributed by atoms with Crippen molar-refractivity contribution in [1.82, 2.24) is 0 Å². The maximum absolute atomic E-state index is 6.98. The Morgan fingerprint density at radius 1 is 0.364 bits per heavy atom. The summed E-state index contributed by atoms with van der Waals surface area (Å²) in [7, 11) is 0. The van der Waals surface area contributed by atoms with E-state index >= 15 is 0 Å². The second-order valence-electron chi connectivity index (χ2n) is 17.8. The van der Waals surface area contributed by atoms with Gasteiger partial charge in [-0.05, 0) is 110 Å². The van der Waals surface area contributed by atoms with E-state index < -0.39 is 10.8 Å². The molecule has 0 unspecified atom stereocenters. The average Bonchev–Trinajstić information content (AvgIpc) is 4.01. The van der Waals surface area contributed by atoms with Crippen molar-refractivity contribution in [2.24, 2.45) is 0 Å². The van der Waals surface area contributed by atoms with E-state index in [9.17, 15) is 0 Å². The molecule has 0 radical (unpaired) electrons. The molecule has 0 fully saturated rings. The minimum absolute atomic E-state index is 0.533. The van der Waals surface area contributed by atoms with Crippen LogP contribution in [0, 0.1) is 0 Å². The number of rotatable bonds is 3. The SMILES string of the molecule is c1ccc2c(c1)Oc1ccc(N(c3cccc4c3Sc3ccccc3C43c4ccccc4-c4ccccc43)c3cccc4oc5ccccc5c34)cc1C21c2ccccc2-c2ccccc21. The molecule has 0 atom stereocenters. The predicted octanol–water partition coefficient (Wildman–Crippen LogP) is 16.4. The summed E-state index contributed by atoms with van der Waals surface area (Å²) in [5.41, 5.74) is 18.8. The van der Waals surface area contributed by atoms with Crippen LogP contribution in [0.5, 0.6) is 11.5 Å². The lowest BCUT2D eigenvalue weighted by Gasteiger charge is -2.42. The van der Waals surface area contributed by atoms with Gasteiger partial charge < -0.3 is 14.1 Å². The van der Waals surface area contributed by atoms with E-state index in [4.69, 9.17) is 9.15 Å². The number of fused-ring (bicyclic) bond motifs is 21. The van der Waals surface area contributed by atoms with Crippen molar-refractivity contribution in [2.45, 2.75) is 20.6 Å². The molecule has 0 amide bonds. The highest BCUT2D eigenvalue weighted by atomic mass is 32.2. The molecule has 308 valence electrons. The van der Waals surface area contributed by atoms with Crippen LogP contribution in [0.25, 0.3) is 44.2 Å². The van der Waals surface area contributed by atoms with Crippen LogP contribution in [0.1, 0.15) is 44.5 Å². The lowest BCUT2D eigenvalue weighted by Crippen LogP contribution is -2.33. The molecule has 2 aliphatic carbocycles. The number of ether oxygens (including phenoxy) is 1. The summed E-state index contributed by atoms with van der Waals surface area (Å²) >= 11 is 1.88. The first-order chi connectivity index (χ1) is 32.7. The first-order valence-corrected chi connectivity index (χ1v) is 23.5. The van der Waals surface area contributed by atoms with E-state index in [2.05, 4.69) is 229 Å². The molecule has 4 heteroatoms. The van der Waals surface area contributed by atoms with E-state index in [1.807, 2.05) is 11.8 Å². The van der Waals surface area contributed by atoms with Crippen molar-refractivity contribution in [3.63, 3.8) is 0 Å². The van der Waals surface area contributed by atoms with Crippen molar-refractivity contribution in [1.29, 1.82) is 0 Å². The van der Waals surface area contributed by atoms with Crippen molar-refractivity contribution in [2.75, 3.05) is 4.90 Å². The molecular formula is C62H37NO2S. The van der Waals surface area contributed by atoms with Crippen LogP contribution in [0.3, 0.4) is 0 Å². The van der Waals surface area contributed by atoms with Crippen LogP contribution in [0.2, 0.25) is 0 Å². The van der Waals surface area contributed by atoms with Gasteiger partial charge in [-0.3, -0.25) is 0 Å². The third-order valence-electron chi connectivity index (χ3n) is 14.8. The topological polar surface area (TPSA) is 25.6 Å². The van der Waals surface area contributed by atoms with Crippen molar-refractivity contribution >= 4 is 50.8 Å². The molecule has 11 aromatic rings. The smallest absolute Gasteiger partial charge is 0.137 e. The highest BCUT2D eigenvalue weighted by Gasteiger charge is 2.53. The van der Waals surface area contributed by atoms with Gasteiger partial charge >= 0.3 is 0 Å². The van der Waals surface area contributed by atoms with E-state index in [-0.39, 0.29) is 0 Å². The predicted molar refractivity (Wildman–Crippen MR) is 267 cm³/mol. The van der Waals surface area contributed by atoms with Gasteiger partial charge in [0, 0.05) is 32.0 Å². The largest absolute Gasteiger partial charge is 0.457 e. The number of benzene rings is 10. The fourth-order valence-electron chi connectivity index (χ4n) is 12.4. The van der Waals surface area contributed by atoms with Gasteiger partial charge in [-0.25, -0.2) is 0 Å². The van der Waals surface area contributed by atoms with Crippen LogP contribution >= 0.6 is 11.8 Å². The number of furan rings is 1. The van der Waals surface area contributed by atoms with Crippen LogP contribution < -0.4 is 9.64 Å². The number of anilines is 3. The summed E-state index contributed by atoms with van der Waals surface area (Å²) in [6.45, 7) is 0. The minimum Gasteiger partial charge on any atom is -0.457 e. The second-order valence-corrected chi connectivity index (χ2v) is 18.8. The molecule has 10 aromatic carbocycles. The maximum Gasteiger partial charge on any atom is 0.137 e. The quantitative estimate of drug-likeness (QED) is 0.177. The van der Waals surface area contributed by atoms with Crippen molar-refractivity contribution in [3.05, 3.63) is 269 Å². The first-order valence-electron chi connectivity index (χ1n) is 22.7. The average molecular weight is 860 g/mol. The van der Waals surface area contributed by atoms with Gasteiger partial charge in [-0.15, -0.1) is 0 Å². The van der Waals surface area contributed by atoms with E-state index in [1.165, 1.54) is 65.4 Å². The van der Waals surface area contributed by atoms with Gasteiger partial charge in [-0.2, -0.15) is 0 Å². The normalized spacial score (nSPS) is 14.7. The molecule has 4 aliphatic rings. The van der Waals surface area contributed by atoms with E-state index in [1.54, 1.807) is 0 Å². The van der Waals surface area contributed by atoms with Gasteiger partial charge in [0.05, 0.1) is 27.6 Å². The van der Waals surface area contributed by atoms with Gasteiger partial charge in [0.2, 0.25) is 0 Å². The van der Waals surface area contributed by atoms with Crippen LogP contribution in [0.15, 0.2) is 239 Å². The Bertz CT molecular complexity index is 3790. The summed E-state index contributed by atoms with van der Waals surface area (Å²) in [5.74, 6) is 1.73. The highest BCUT2D eigenvalue weighted by Crippen LogP contribution is 2.66. The van der Waals surface area contributed by atoms with Gasteiger partial charge in [0.1, 0.15) is 22.7 Å². The number of hydrogen-bond acceptors (Lipinski definition) is 4. The number of para-hydroxylation sites is 2. The Labute approximate surface area is 386 Å². The lowest BCUT2D eigenvalue weighted by molar-refractivity contribution is 0.436. The Kier molecular flexibility index (Phi) is 7.29. The first kappa shape index (κ1) is 36.3. The summed E-state index contributed by atoms with van der Waals surface area (Å²) < 4.78 is 13.6. The molecule has 66 heavy (non-hydrogen) atoms. The highest BCUT2D eigenvalue weighted by molar-refractivity contribution is 7.99. The van der Waals surface area contributed by atoms with Gasteiger partial charge in [-0.1, -0.05) is 182 Å². The van der Waals surface area contributed by atoms with Crippen molar-refractivity contribution < 1.29 is 9.15 Å². The van der Waals surface area contributed by atoms with Gasteiger partial charge in [0.15, 0.2) is 0 Å². The summed E-state index contributed by atoms with van der Waals surface area (Å²) in [6, 6.07) is 82.5. The van der Waals surface area contributed by atoms with Crippen LogP contribution in [0.4, 0.5) is 17.1 Å². The molecule has 3 nitrogen and oxygen atoms in total. The Balaban J connectivity index is 1.06. The van der Waals surface area contributed by atoms with E-state index in [0.29, 0.717) is 0 Å². The van der Waals surface area contributed by atoms with E-state index in [0.717, 1.165) is 61.6 Å². The number of hydrogen-bond donors (Lipinski definition) is 0.